The third kappa shape index (κ3) is 3.37. The lowest BCUT2D eigenvalue weighted by molar-refractivity contribution is -0.0322. The van der Waals surface area contributed by atoms with Gasteiger partial charge in [0.1, 0.15) is 24.6 Å². The number of nitrogens with two attached hydrogens (primary N) is 1. The van der Waals surface area contributed by atoms with Gasteiger partial charge < -0.3 is 26.0 Å². The molecule has 2 aromatic heterocycles. The quantitative estimate of drug-likeness (QED) is 0.479. The number of anilines is 1. The molecule has 0 bridgehead atoms. The Labute approximate surface area is 155 Å². The van der Waals surface area contributed by atoms with Gasteiger partial charge in [0.25, 0.3) is 0 Å². The van der Waals surface area contributed by atoms with Crippen LogP contribution in [-0.2, 0) is 11.2 Å². The molecular weight excluding hydrogens is 348 g/mol. The molecule has 3 aromatic rings. The van der Waals surface area contributed by atoms with E-state index in [1.165, 1.54) is 18.2 Å². The van der Waals surface area contributed by atoms with Gasteiger partial charge in [-0.1, -0.05) is 30.3 Å². The first-order valence-electron chi connectivity index (χ1n) is 8.86. The fourth-order valence-corrected chi connectivity index (χ4v) is 3.29. The normalized spacial score (nSPS) is 25.1. The Balaban J connectivity index is 1.53. The van der Waals surface area contributed by atoms with Gasteiger partial charge in [-0.3, -0.25) is 4.57 Å². The van der Waals surface area contributed by atoms with Crippen LogP contribution in [0.3, 0.4) is 0 Å². The zero-order valence-corrected chi connectivity index (χ0v) is 14.6. The molecule has 0 unspecified atom stereocenters. The lowest BCUT2D eigenvalue weighted by atomic mass is 10.1. The summed E-state index contributed by atoms with van der Waals surface area (Å²) in [6, 6.07) is 10.2. The fraction of sp³-hybridized carbons (Fsp3) is 0.389. The van der Waals surface area contributed by atoms with Crippen molar-refractivity contribution in [2.75, 3.05) is 18.4 Å². The summed E-state index contributed by atoms with van der Waals surface area (Å²) in [6.45, 7) is 0.808. The summed E-state index contributed by atoms with van der Waals surface area (Å²) in [5.74, 6) is 0.609. The Morgan fingerprint density at radius 1 is 1.11 bits per heavy atom. The van der Waals surface area contributed by atoms with Gasteiger partial charge in [0, 0.05) is 13.1 Å². The van der Waals surface area contributed by atoms with Crippen molar-refractivity contribution in [3.63, 3.8) is 0 Å². The third-order valence-corrected chi connectivity index (χ3v) is 4.75. The van der Waals surface area contributed by atoms with Crippen LogP contribution in [-0.4, -0.2) is 61.1 Å². The molecule has 1 fully saturated rings. The SMILES string of the molecule is NC[C@H]1O[C@@H](n2cnc3c(NCCc4ccccc4)ncnc32)[C@H](O)[C@@H]1O. The topological polar surface area (TPSA) is 131 Å². The van der Waals surface area contributed by atoms with E-state index in [0.717, 1.165) is 6.42 Å². The van der Waals surface area contributed by atoms with Crippen molar-refractivity contribution in [2.24, 2.45) is 5.73 Å². The second-order valence-corrected chi connectivity index (χ2v) is 6.49. The number of aromatic nitrogens is 4. The first-order chi connectivity index (χ1) is 13.2. The highest BCUT2D eigenvalue weighted by Crippen LogP contribution is 2.31. The van der Waals surface area contributed by atoms with Crippen LogP contribution in [0.15, 0.2) is 43.0 Å². The molecule has 4 rings (SSSR count). The average Bonchev–Trinajstić information content (AvgIpc) is 3.25. The molecule has 9 nitrogen and oxygen atoms in total. The van der Waals surface area contributed by atoms with Crippen molar-refractivity contribution in [3.05, 3.63) is 48.5 Å². The number of hydrogen-bond acceptors (Lipinski definition) is 8. The number of imidazole rings is 1. The Morgan fingerprint density at radius 2 is 1.93 bits per heavy atom. The molecule has 0 radical (unpaired) electrons. The minimum absolute atomic E-state index is 0.114. The Bertz CT molecular complexity index is 903. The van der Waals surface area contributed by atoms with Gasteiger partial charge >= 0.3 is 0 Å². The van der Waals surface area contributed by atoms with Crippen LogP contribution in [0.1, 0.15) is 11.8 Å². The van der Waals surface area contributed by atoms with E-state index in [-0.39, 0.29) is 6.54 Å². The van der Waals surface area contributed by atoms with Crippen LogP contribution in [0.2, 0.25) is 0 Å². The summed E-state index contributed by atoms with van der Waals surface area (Å²) in [5.41, 5.74) is 7.90. The monoisotopic (exact) mass is 370 g/mol. The molecule has 1 saturated heterocycles. The number of aliphatic hydroxyl groups excluding tert-OH is 2. The molecule has 5 N–H and O–H groups in total. The van der Waals surface area contributed by atoms with Gasteiger partial charge in [0.05, 0.1) is 6.33 Å². The molecule has 1 aliphatic rings. The first-order valence-corrected chi connectivity index (χ1v) is 8.86. The zero-order valence-electron chi connectivity index (χ0n) is 14.6. The third-order valence-electron chi connectivity index (χ3n) is 4.75. The van der Waals surface area contributed by atoms with E-state index in [4.69, 9.17) is 10.5 Å². The summed E-state index contributed by atoms with van der Waals surface area (Å²) in [7, 11) is 0. The standard InChI is InChI=1S/C18H22N6O3/c19-8-12-14(25)15(26)18(27-12)24-10-23-13-16(21-9-22-17(13)24)20-7-6-11-4-2-1-3-5-11/h1-5,9-10,12,14-15,18,25-26H,6-8,19H2,(H,20,21,22)/t12-,14-,15-,18-/m1/s1. The van der Waals surface area contributed by atoms with E-state index in [1.54, 1.807) is 4.57 Å². The second kappa shape index (κ2) is 7.57. The first kappa shape index (κ1) is 17.8. The Hall–Kier alpha value is -2.59. The Kier molecular flexibility index (Phi) is 4.99. The maximum atomic E-state index is 10.3. The molecule has 0 aliphatic carbocycles. The predicted molar refractivity (Wildman–Crippen MR) is 98.9 cm³/mol. The molecule has 3 heterocycles. The number of benzene rings is 1. The summed E-state index contributed by atoms with van der Waals surface area (Å²) < 4.78 is 7.28. The number of ether oxygens (including phenoxy) is 1. The van der Waals surface area contributed by atoms with Crippen molar-refractivity contribution in [2.45, 2.75) is 31.0 Å². The zero-order chi connectivity index (χ0) is 18.8. The van der Waals surface area contributed by atoms with Gasteiger partial charge in [-0.15, -0.1) is 0 Å². The van der Waals surface area contributed by atoms with Crippen LogP contribution < -0.4 is 11.1 Å². The number of hydrogen-bond donors (Lipinski definition) is 4. The van der Waals surface area contributed by atoms with E-state index >= 15 is 0 Å². The van der Waals surface area contributed by atoms with Gasteiger partial charge in [-0.05, 0) is 12.0 Å². The lowest BCUT2D eigenvalue weighted by Crippen LogP contribution is -2.35. The number of rotatable bonds is 6. The van der Waals surface area contributed by atoms with Crippen LogP contribution >= 0.6 is 0 Å². The van der Waals surface area contributed by atoms with Gasteiger partial charge in [-0.2, -0.15) is 0 Å². The molecule has 4 atom stereocenters. The van der Waals surface area contributed by atoms with E-state index in [2.05, 4.69) is 32.4 Å². The highest BCUT2D eigenvalue weighted by Gasteiger charge is 2.43. The lowest BCUT2D eigenvalue weighted by Gasteiger charge is -2.16. The van der Waals surface area contributed by atoms with Crippen LogP contribution in [0, 0.1) is 0 Å². The van der Waals surface area contributed by atoms with E-state index < -0.39 is 24.5 Å². The molecule has 27 heavy (non-hydrogen) atoms. The maximum absolute atomic E-state index is 10.3. The van der Waals surface area contributed by atoms with E-state index in [1.807, 2.05) is 18.2 Å². The molecule has 1 aromatic carbocycles. The van der Waals surface area contributed by atoms with Gasteiger partial charge in [0.2, 0.25) is 0 Å². The second-order valence-electron chi connectivity index (χ2n) is 6.49. The molecule has 0 saturated carbocycles. The van der Waals surface area contributed by atoms with Crippen molar-refractivity contribution >= 4 is 17.0 Å². The van der Waals surface area contributed by atoms with Crippen LogP contribution in [0.25, 0.3) is 11.2 Å². The molecule has 1 aliphatic heterocycles. The highest BCUT2D eigenvalue weighted by atomic mass is 16.6. The molecule has 9 heteroatoms. The largest absolute Gasteiger partial charge is 0.387 e. The minimum Gasteiger partial charge on any atom is -0.387 e. The van der Waals surface area contributed by atoms with Crippen molar-refractivity contribution in [3.8, 4) is 0 Å². The fourth-order valence-electron chi connectivity index (χ4n) is 3.29. The van der Waals surface area contributed by atoms with Crippen LogP contribution in [0.4, 0.5) is 5.82 Å². The van der Waals surface area contributed by atoms with E-state index in [9.17, 15) is 10.2 Å². The molecular formula is C18H22N6O3. The number of nitrogens with zero attached hydrogens (tertiary/aromatic N) is 4. The van der Waals surface area contributed by atoms with Crippen molar-refractivity contribution in [1.82, 2.24) is 19.5 Å². The smallest absolute Gasteiger partial charge is 0.167 e. The molecule has 142 valence electrons. The summed E-state index contributed by atoms with van der Waals surface area (Å²) >= 11 is 0. The van der Waals surface area contributed by atoms with Crippen LogP contribution in [0.5, 0.6) is 0 Å². The highest BCUT2D eigenvalue weighted by molar-refractivity contribution is 5.82. The van der Waals surface area contributed by atoms with E-state index in [0.29, 0.717) is 23.5 Å². The summed E-state index contributed by atoms with van der Waals surface area (Å²) in [4.78, 5) is 12.9. The number of aliphatic hydroxyl groups is 2. The predicted octanol–water partition coefficient (Wildman–Crippen LogP) is 0.0588. The molecule has 0 spiro atoms. The summed E-state index contributed by atoms with van der Waals surface area (Å²) in [5, 5.41) is 23.6. The average molecular weight is 370 g/mol. The minimum atomic E-state index is -1.11. The maximum Gasteiger partial charge on any atom is 0.167 e. The van der Waals surface area contributed by atoms with Crippen molar-refractivity contribution < 1.29 is 14.9 Å². The molecule has 0 amide bonds. The van der Waals surface area contributed by atoms with Gasteiger partial charge in [-0.25, -0.2) is 15.0 Å². The number of nitrogens with one attached hydrogen (secondary N) is 1. The number of fused-ring (bicyclic) bond motifs is 1. The summed E-state index contributed by atoms with van der Waals surface area (Å²) in [6.07, 6.45) is 0.216. The Morgan fingerprint density at radius 3 is 2.67 bits per heavy atom. The van der Waals surface area contributed by atoms with Gasteiger partial charge in [0.15, 0.2) is 23.2 Å². The van der Waals surface area contributed by atoms with Crippen molar-refractivity contribution in [1.29, 1.82) is 0 Å².